The Morgan fingerprint density at radius 3 is 2.21 bits per heavy atom. The second kappa shape index (κ2) is 7.53. The molecule has 1 heterocycles. The van der Waals surface area contributed by atoms with Gasteiger partial charge in [0.05, 0.1) is 10.9 Å². The van der Waals surface area contributed by atoms with Crippen molar-refractivity contribution in [2.75, 3.05) is 7.05 Å². The standard InChI is InChI=1S/C19H20N4O4S/c1-12(14-8-10-17(11-9-14)28(20,25)26)23(3)19(24)16-6-4-15(5-7-16)18-21-13(2)22-27-18/h4-12H,1-3H3,(H2,20,25,26). The van der Waals surface area contributed by atoms with Gasteiger partial charge in [0, 0.05) is 18.2 Å². The lowest BCUT2D eigenvalue weighted by Gasteiger charge is -2.25. The largest absolute Gasteiger partial charge is 0.335 e. The van der Waals surface area contributed by atoms with E-state index >= 15 is 0 Å². The van der Waals surface area contributed by atoms with Crippen molar-refractivity contribution in [3.05, 3.63) is 65.5 Å². The minimum Gasteiger partial charge on any atom is -0.335 e. The van der Waals surface area contributed by atoms with Gasteiger partial charge in [-0.2, -0.15) is 4.98 Å². The maximum absolute atomic E-state index is 12.8. The number of carbonyl (C=O) groups excluding carboxylic acids is 1. The van der Waals surface area contributed by atoms with Crippen LogP contribution in [0.4, 0.5) is 0 Å². The zero-order valence-electron chi connectivity index (χ0n) is 15.7. The summed E-state index contributed by atoms with van der Waals surface area (Å²) in [6.07, 6.45) is 0. The number of aromatic nitrogens is 2. The average molecular weight is 400 g/mol. The molecule has 0 radical (unpaired) electrons. The lowest BCUT2D eigenvalue weighted by atomic mass is 10.1. The fourth-order valence-corrected chi connectivity index (χ4v) is 3.22. The SMILES string of the molecule is Cc1noc(-c2ccc(C(=O)N(C)C(C)c3ccc(S(N)(=O)=O)cc3)cc2)n1. The third-order valence-electron chi connectivity index (χ3n) is 4.50. The predicted octanol–water partition coefficient (Wildman–Crippen LogP) is 2.53. The van der Waals surface area contributed by atoms with E-state index in [4.69, 9.17) is 9.66 Å². The number of primary sulfonamides is 1. The molecule has 3 aromatic rings. The third-order valence-corrected chi connectivity index (χ3v) is 5.43. The summed E-state index contributed by atoms with van der Waals surface area (Å²) in [5, 5.41) is 8.87. The molecular weight excluding hydrogens is 380 g/mol. The molecule has 0 aliphatic rings. The molecule has 0 fully saturated rings. The van der Waals surface area contributed by atoms with Gasteiger partial charge in [-0.25, -0.2) is 13.6 Å². The van der Waals surface area contributed by atoms with E-state index in [-0.39, 0.29) is 16.8 Å². The lowest BCUT2D eigenvalue weighted by Crippen LogP contribution is -2.29. The van der Waals surface area contributed by atoms with E-state index in [2.05, 4.69) is 10.1 Å². The highest BCUT2D eigenvalue weighted by molar-refractivity contribution is 7.89. The van der Waals surface area contributed by atoms with Gasteiger partial charge in [-0.15, -0.1) is 0 Å². The molecule has 0 bridgehead atoms. The Hall–Kier alpha value is -3.04. The maximum Gasteiger partial charge on any atom is 0.257 e. The molecule has 3 rings (SSSR count). The quantitative estimate of drug-likeness (QED) is 0.703. The van der Waals surface area contributed by atoms with Crippen LogP contribution in [0.15, 0.2) is 57.9 Å². The second-order valence-electron chi connectivity index (χ2n) is 6.43. The van der Waals surface area contributed by atoms with E-state index in [9.17, 15) is 13.2 Å². The Kier molecular flexibility index (Phi) is 5.30. The van der Waals surface area contributed by atoms with E-state index in [1.54, 1.807) is 55.3 Å². The molecule has 1 atom stereocenters. The first kappa shape index (κ1) is 19.7. The number of aryl methyl sites for hydroxylation is 1. The van der Waals surface area contributed by atoms with Crippen LogP contribution in [-0.4, -0.2) is 36.4 Å². The van der Waals surface area contributed by atoms with E-state index < -0.39 is 10.0 Å². The fourth-order valence-electron chi connectivity index (χ4n) is 2.71. The highest BCUT2D eigenvalue weighted by Gasteiger charge is 2.20. The summed E-state index contributed by atoms with van der Waals surface area (Å²) in [6, 6.07) is 12.8. The molecule has 0 aliphatic carbocycles. The molecule has 1 aromatic heterocycles. The number of benzene rings is 2. The number of carbonyl (C=O) groups is 1. The van der Waals surface area contributed by atoms with Crippen LogP contribution >= 0.6 is 0 Å². The number of hydrogen-bond donors (Lipinski definition) is 1. The van der Waals surface area contributed by atoms with Gasteiger partial charge in [0.2, 0.25) is 10.0 Å². The maximum atomic E-state index is 12.8. The van der Waals surface area contributed by atoms with Gasteiger partial charge in [0.25, 0.3) is 11.8 Å². The summed E-state index contributed by atoms with van der Waals surface area (Å²) in [7, 11) is -2.06. The Bertz CT molecular complexity index is 1090. The van der Waals surface area contributed by atoms with Crippen LogP contribution in [0.5, 0.6) is 0 Å². The highest BCUT2D eigenvalue weighted by atomic mass is 32.2. The second-order valence-corrected chi connectivity index (χ2v) is 7.99. The zero-order chi connectivity index (χ0) is 20.5. The van der Waals surface area contributed by atoms with Crippen LogP contribution in [0, 0.1) is 6.92 Å². The molecule has 146 valence electrons. The Labute approximate surface area is 163 Å². The van der Waals surface area contributed by atoms with E-state index in [0.717, 1.165) is 11.1 Å². The number of nitrogens with two attached hydrogens (primary N) is 1. The van der Waals surface area contributed by atoms with Crippen molar-refractivity contribution in [3.8, 4) is 11.5 Å². The summed E-state index contributed by atoms with van der Waals surface area (Å²) in [5.74, 6) is 0.765. The zero-order valence-corrected chi connectivity index (χ0v) is 16.5. The molecule has 8 nitrogen and oxygen atoms in total. The fraction of sp³-hybridized carbons (Fsp3) is 0.211. The van der Waals surface area contributed by atoms with Gasteiger partial charge in [0.1, 0.15) is 0 Å². The van der Waals surface area contributed by atoms with Gasteiger partial charge >= 0.3 is 0 Å². The topological polar surface area (TPSA) is 119 Å². The van der Waals surface area contributed by atoms with Crippen molar-refractivity contribution >= 4 is 15.9 Å². The normalized spacial score (nSPS) is 12.6. The van der Waals surface area contributed by atoms with E-state index in [1.165, 1.54) is 12.1 Å². The molecule has 2 N–H and O–H groups in total. The molecule has 0 spiro atoms. The first-order valence-electron chi connectivity index (χ1n) is 8.47. The summed E-state index contributed by atoms with van der Waals surface area (Å²) in [6.45, 7) is 3.59. The molecule has 1 amide bonds. The number of rotatable bonds is 5. The highest BCUT2D eigenvalue weighted by Crippen LogP contribution is 2.23. The third kappa shape index (κ3) is 4.10. The Balaban J connectivity index is 1.76. The van der Waals surface area contributed by atoms with Crippen molar-refractivity contribution in [2.24, 2.45) is 5.14 Å². The van der Waals surface area contributed by atoms with Gasteiger partial charge in [-0.3, -0.25) is 4.79 Å². The number of nitrogens with zero attached hydrogens (tertiary/aromatic N) is 3. The van der Waals surface area contributed by atoms with Gasteiger partial charge < -0.3 is 9.42 Å². The van der Waals surface area contributed by atoms with Crippen LogP contribution in [0.25, 0.3) is 11.5 Å². The number of amides is 1. The van der Waals surface area contributed by atoms with Gasteiger partial charge in [-0.1, -0.05) is 17.3 Å². The number of hydrogen-bond acceptors (Lipinski definition) is 6. The van der Waals surface area contributed by atoms with Crippen LogP contribution in [0.3, 0.4) is 0 Å². The minimum absolute atomic E-state index is 0.0317. The summed E-state index contributed by atoms with van der Waals surface area (Å²) in [5.41, 5.74) is 2.03. The minimum atomic E-state index is -3.75. The molecule has 0 saturated heterocycles. The molecule has 0 saturated carbocycles. The van der Waals surface area contributed by atoms with Crippen molar-refractivity contribution in [2.45, 2.75) is 24.8 Å². The summed E-state index contributed by atoms with van der Waals surface area (Å²) < 4.78 is 27.9. The monoisotopic (exact) mass is 400 g/mol. The smallest absolute Gasteiger partial charge is 0.257 e. The Morgan fingerprint density at radius 1 is 1.11 bits per heavy atom. The molecule has 0 aliphatic heterocycles. The Morgan fingerprint density at radius 2 is 1.71 bits per heavy atom. The van der Waals surface area contributed by atoms with Crippen molar-refractivity contribution in [3.63, 3.8) is 0 Å². The summed E-state index contributed by atoms with van der Waals surface area (Å²) in [4.78, 5) is 18.6. The predicted molar refractivity (Wildman–Crippen MR) is 103 cm³/mol. The molecular formula is C19H20N4O4S. The van der Waals surface area contributed by atoms with Crippen LogP contribution in [0.1, 0.15) is 34.7 Å². The lowest BCUT2D eigenvalue weighted by molar-refractivity contribution is 0.0742. The van der Waals surface area contributed by atoms with Crippen LogP contribution < -0.4 is 5.14 Å². The van der Waals surface area contributed by atoms with Gasteiger partial charge in [-0.05, 0) is 55.8 Å². The van der Waals surface area contributed by atoms with E-state index in [0.29, 0.717) is 17.3 Å². The average Bonchev–Trinajstić information content (AvgIpc) is 3.12. The van der Waals surface area contributed by atoms with Crippen LogP contribution in [-0.2, 0) is 10.0 Å². The van der Waals surface area contributed by atoms with Gasteiger partial charge in [0.15, 0.2) is 5.82 Å². The molecule has 2 aromatic carbocycles. The first-order chi connectivity index (χ1) is 13.2. The van der Waals surface area contributed by atoms with Crippen molar-refractivity contribution in [1.82, 2.24) is 15.0 Å². The van der Waals surface area contributed by atoms with Crippen molar-refractivity contribution in [1.29, 1.82) is 0 Å². The first-order valence-corrected chi connectivity index (χ1v) is 10.0. The number of sulfonamides is 1. The molecule has 1 unspecified atom stereocenters. The van der Waals surface area contributed by atoms with E-state index in [1.807, 2.05) is 6.92 Å². The molecule has 9 heteroatoms. The summed E-state index contributed by atoms with van der Waals surface area (Å²) >= 11 is 0. The molecule has 28 heavy (non-hydrogen) atoms. The van der Waals surface area contributed by atoms with Crippen molar-refractivity contribution < 1.29 is 17.7 Å². The van der Waals surface area contributed by atoms with Crippen LogP contribution in [0.2, 0.25) is 0 Å².